The van der Waals surface area contributed by atoms with Crippen LogP contribution in [0, 0.1) is 11.3 Å². The smallest absolute Gasteiger partial charge is 0.0991 e. The number of hydrogen-bond acceptors (Lipinski definition) is 1. The number of allylic oxidation sites excluding steroid dienone is 1. The van der Waals surface area contributed by atoms with Crippen LogP contribution in [-0.4, -0.2) is 0 Å². The Morgan fingerprint density at radius 3 is 2.75 bits per heavy atom. The zero-order valence-electron chi connectivity index (χ0n) is 10.2. The molecule has 0 saturated carbocycles. The van der Waals surface area contributed by atoms with E-state index in [-0.39, 0.29) is 0 Å². The third-order valence-electron chi connectivity index (χ3n) is 2.84. The van der Waals surface area contributed by atoms with Gasteiger partial charge in [-0.15, -0.1) is 6.58 Å². The molecule has 1 unspecified atom stereocenters. The van der Waals surface area contributed by atoms with Crippen molar-refractivity contribution in [3.05, 3.63) is 47.5 Å². The Morgan fingerprint density at radius 1 is 1.44 bits per heavy atom. The largest absolute Gasteiger partial charge is 0.192 e. The van der Waals surface area contributed by atoms with Crippen molar-refractivity contribution in [3.8, 4) is 6.07 Å². The standard InChI is InChI=1S/C15H19N/c1-4-6-7-13-8-14(11-16)10-15(9-13)12(3)5-2/h5,8-10,12H,2,4,6-7H2,1,3H3. The molecule has 16 heavy (non-hydrogen) atoms. The monoisotopic (exact) mass is 213 g/mol. The molecule has 0 spiro atoms. The van der Waals surface area contributed by atoms with Crippen LogP contribution in [0.25, 0.3) is 0 Å². The zero-order valence-corrected chi connectivity index (χ0v) is 10.2. The van der Waals surface area contributed by atoms with Gasteiger partial charge in [-0.05, 0) is 42.0 Å². The van der Waals surface area contributed by atoms with Crippen LogP contribution >= 0.6 is 0 Å². The molecule has 0 aromatic heterocycles. The van der Waals surface area contributed by atoms with Crippen molar-refractivity contribution in [1.82, 2.24) is 0 Å². The Labute approximate surface area is 98.4 Å². The number of nitrogens with zero attached hydrogens (tertiary/aromatic N) is 1. The summed E-state index contributed by atoms with van der Waals surface area (Å²) in [5.41, 5.74) is 3.22. The molecule has 1 rings (SSSR count). The van der Waals surface area contributed by atoms with E-state index in [1.54, 1.807) is 0 Å². The molecule has 0 fully saturated rings. The molecule has 84 valence electrons. The molecule has 1 aromatic rings. The van der Waals surface area contributed by atoms with E-state index in [0.717, 1.165) is 12.0 Å². The topological polar surface area (TPSA) is 23.8 Å². The van der Waals surface area contributed by atoms with E-state index in [2.05, 4.69) is 32.6 Å². The van der Waals surface area contributed by atoms with Crippen molar-refractivity contribution in [1.29, 1.82) is 5.26 Å². The summed E-state index contributed by atoms with van der Waals surface area (Å²) in [6.07, 6.45) is 5.34. The molecule has 1 aromatic carbocycles. The van der Waals surface area contributed by atoms with E-state index in [0.29, 0.717) is 5.92 Å². The lowest BCUT2D eigenvalue weighted by atomic mass is 9.95. The van der Waals surface area contributed by atoms with Gasteiger partial charge in [-0.25, -0.2) is 0 Å². The highest BCUT2D eigenvalue weighted by molar-refractivity contribution is 5.39. The second kappa shape index (κ2) is 6.12. The van der Waals surface area contributed by atoms with Crippen LogP contribution in [0.4, 0.5) is 0 Å². The number of nitriles is 1. The molecule has 0 amide bonds. The van der Waals surface area contributed by atoms with E-state index < -0.39 is 0 Å². The van der Waals surface area contributed by atoms with Crippen molar-refractivity contribution >= 4 is 0 Å². The molecular formula is C15H19N. The summed E-state index contributed by atoms with van der Waals surface area (Å²) >= 11 is 0. The summed E-state index contributed by atoms with van der Waals surface area (Å²) in [7, 11) is 0. The molecule has 0 saturated heterocycles. The number of benzene rings is 1. The van der Waals surface area contributed by atoms with Crippen LogP contribution in [0.2, 0.25) is 0 Å². The van der Waals surface area contributed by atoms with Gasteiger partial charge in [-0.2, -0.15) is 5.26 Å². The second-order valence-corrected chi connectivity index (χ2v) is 4.20. The average molecular weight is 213 g/mol. The van der Waals surface area contributed by atoms with Crippen LogP contribution < -0.4 is 0 Å². The predicted molar refractivity (Wildman–Crippen MR) is 68.4 cm³/mol. The van der Waals surface area contributed by atoms with Gasteiger partial charge in [0, 0.05) is 0 Å². The first kappa shape index (κ1) is 12.5. The number of rotatable bonds is 5. The molecule has 1 nitrogen and oxygen atoms in total. The van der Waals surface area contributed by atoms with Crippen LogP contribution in [0.5, 0.6) is 0 Å². The van der Waals surface area contributed by atoms with E-state index in [1.165, 1.54) is 24.0 Å². The average Bonchev–Trinajstić information content (AvgIpc) is 2.34. The van der Waals surface area contributed by atoms with E-state index in [9.17, 15) is 0 Å². The van der Waals surface area contributed by atoms with Crippen molar-refractivity contribution in [2.24, 2.45) is 0 Å². The van der Waals surface area contributed by atoms with Crippen molar-refractivity contribution < 1.29 is 0 Å². The van der Waals surface area contributed by atoms with Gasteiger partial charge in [0.05, 0.1) is 11.6 Å². The molecule has 1 atom stereocenters. The molecule has 0 N–H and O–H groups in total. The minimum atomic E-state index is 0.314. The first-order chi connectivity index (χ1) is 7.71. The summed E-state index contributed by atoms with van der Waals surface area (Å²) in [6.45, 7) is 8.09. The third-order valence-corrected chi connectivity index (χ3v) is 2.84. The molecule has 0 bridgehead atoms. The summed E-state index contributed by atoms with van der Waals surface area (Å²) in [5, 5.41) is 8.99. The molecule has 0 aliphatic heterocycles. The van der Waals surface area contributed by atoms with Crippen molar-refractivity contribution in [2.75, 3.05) is 0 Å². The SMILES string of the molecule is C=CC(C)c1cc(C#N)cc(CCCC)c1. The van der Waals surface area contributed by atoms with Gasteiger partial charge < -0.3 is 0 Å². The van der Waals surface area contributed by atoms with Crippen LogP contribution in [0.1, 0.15) is 49.3 Å². The van der Waals surface area contributed by atoms with Crippen molar-refractivity contribution in [2.45, 2.75) is 39.0 Å². The molecule has 0 radical (unpaired) electrons. The maximum atomic E-state index is 8.99. The molecule has 0 aliphatic carbocycles. The first-order valence-electron chi connectivity index (χ1n) is 5.87. The Balaban J connectivity index is 3.01. The lowest BCUT2D eigenvalue weighted by Crippen LogP contribution is -1.94. The normalized spacial score (nSPS) is 11.8. The molecule has 0 aliphatic rings. The number of hydrogen-bond donors (Lipinski definition) is 0. The number of unbranched alkanes of at least 4 members (excludes halogenated alkanes) is 1. The molecular weight excluding hydrogens is 194 g/mol. The summed E-state index contributed by atoms with van der Waals surface area (Å²) in [5.74, 6) is 0.314. The van der Waals surface area contributed by atoms with Gasteiger partial charge in [-0.3, -0.25) is 0 Å². The van der Waals surface area contributed by atoms with Crippen LogP contribution in [0.3, 0.4) is 0 Å². The van der Waals surface area contributed by atoms with E-state index in [1.807, 2.05) is 18.2 Å². The zero-order chi connectivity index (χ0) is 12.0. The van der Waals surface area contributed by atoms with Gasteiger partial charge >= 0.3 is 0 Å². The highest BCUT2D eigenvalue weighted by atomic mass is 14.2. The minimum Gasteiger partial charge on any atom is -0.192 e. The number of aryl methyl sites for hydroxylation is 1. The van der Waals surface area contributed by atoms with Gasteiger partial charge in [-0.1, -0.05) is 32.4 Å². The summed E-state index contributed by atoms with van der Waals surface area (Å²) in [6, 6.07) is 8.38. The van der Waals surface area contributed by atoms with Gasteiger partial charge in [0.1, 0.15) is 0 Å². The van der Waals surface area contributed by atoms with Gasteiger partial charge in [0.15, 0.2) is 0 Å². The fourth-order valence-electron chi connectivity index (χ4n) is 1.71. The highest BCUT2D eigenvalue weighted by Crippen LogP contribution is 2.20. The second-order valence-electron chi connectivity index (χ2n) is 4.20. The van der Waals surface area contributed by atoms with E-state index >= 15 is 0 Å². The fourth-order valence-corrected chi connectivity index (χ4v) is 1.71. The maximum absolute atomic E-state index is 8.99. The third kappa shape index (κ3) is 3.24. The quantitative estimate of drug-likeness (QED) is 0.673. The fraction of sp³-hybridized carbons (Fsp3) is 0.400. The molecule has 0 heterocycles. The van der Waals surface area contributed by atoms with Crippen LogP contribution in [0.15, 0.2) is 30.9 Å². The highest BCUT2D eigenvalue weighted by Gasteiger charge is 2.05. The molecule has 1 heteroatoms. The minimum absolute atomic E-state index is 0.314. The lowest BCUT2D eigenvalue weighted by molar-refractivity contribution is 0.792. The summed E-state index contributed by atoms with van der Waals surface area (Å²) in [4.78, 5) is 0. The first-order valence-corrected chi connectivity index (χ1v) is 5.87. The Morgan fingerprint density at radius 2 is 2.19 bits per heavy atom. The van der Waals surface area contributed by atoms with Crippen LogP contribution in [-0.2, 0) is 6.42 Å². The van der Waals surface area contributed by atoms with Gasteiger partial charge in [0.2, 0.25) is 0 Å². The Hall–Kier alpha value is -1.55. The Kier molecular flexibility index (Phi) is 4.79. The van der Waals surface area contributed by atoms with Crippen molar-refractivity contribution in [3.63, 3.8) is 0 Å². The Bertz CT molecular complexity index is 398. The maximum Gasteiger partial charge on any atom is 0.0991 e. The van der Waals surface area contributed by atoms with E-state index in [4.69, 9.17) is 5.26 Å². The summed E-state index contributed by atoms with van der Waals surface area (Å²) < 4.78 is 0. The van der Waals surface area contributed by atoms with Gasteiger partial charge in [0.25, 0.3) is 0 Å². The predicted octanol–water partition coefficient (Wildman–Crippen LogP) is 4.19. The lowest BCUT2D eigenvalue weighted by Gasteiger charge is -2.09.